The summed E-state index contributed by atoms with van der Waals surface area (Å²) < 4.78 is 35.9. The highest BCUT2D eigenvalue weighted by Gasteiger charge is 2.24. The fourth-order valence-electron chi connectivity index (χ4n) is 4.41. The molecule has 4 aromatic rings. The van der Waals surface area contributed by atoms with Crippen LogP contribution in [-0.2, 0) is 39.1 Å². The van der Waals surface area contributed by atoms with E-state index in [1.807, 2.05) is 91.0 Å². The lowest BCUT2D eigenvalue weighted by Gasteiger charge is -2.22. The maximum absolute atomic E-state index is 13.6. The number of benzene rings is 4. The second kappa shape index (κ2) is 16.5. The molecule has 0 aromatic heterocycles. The van der Waals surface area contributed by atoms with Crippen molar-refractivity contribution in [3.05, 3.63) is 154 Å². The molecule has 4 aromatic carbocycles. The zero-order valence-electron chi connectivity index (χ0n) is 24.7. The van der Waals surface area contributed by atoms with Gasteiger partial charge in [0.1, 0.15) is 18.4 Å². The molecule has 11 nitrogen and oxygen atoms in total. The normalized spacial score (nSPS) is 12.5. The molecule has 0 spiro atoms. The number of alkyl carbamates (subject to hydrolysis) is 1. The van der Waals surface area contributed by atoms with Crippen molar-refractivity contribution < 1.29 is 31.9 Å². The van der Waals surface area contributed by atoms with Gasteiger partial charge in [-0.15, -0.1) is 0 Å². The molecule has 238 valence electrons. The van der Waals surface area contributed by atoms with Gasteiger partial charge in [-0.2, -0.15) is 8.42 Å². The largest absolute Gasteiger partial charge is 0.445 e. The Labute approximate surface area is 267 Å². The van der Waals surface area contributed by atoms with Crippen molar-refractivity contribution in [2.75, 3.05) is 0 Å². The maximum Gasteiger partial charge on any atom is 0.408 e. The number of aryl methyl sites for hydroxylation is 1. The van der Waals surface area contributed by atoms with Gasteiger partial charge in [0.05, 0.1) is 10.3 Å². The first-order valence-electron chi connectivity index (χ1n) is 14.4. The Bertz CT molecular complexity index is 1720. The predicted molar refractivity (Wildman–Crippen MR) is 172 cm³/mol. The summed E-state index contributed by atoms with van der Waals surface area (Å²) >= 11 is 0. The Morgan fingerprint density at radius 1 is 0.783 bits per heavy atom. The highest BCUT2D eigenvalue weighted by atomic mass is 32.2. The molecule has 0 aliphatic heterocycles. The van der Waals surface area contributed by atoms with Crippen molar-refractivity contribution in [3.8, 4) is 5.75 Å². The number of hydrogen-bond donors (Lipinski definition) is 2. The van der Waals surface area contributed by atoms with Gasteiger partial charge in [-0.1, -0.05) is 91.0 Å². The van der Waals surface area contributed by atoms with Gasteiger partial charge in [0, 0.05) is 24.6 Å². The summed E-state index contributed by atoms with van der Waals surface area (Å²) in [5.74, 6) is -0.654. The van der Waals surface area contributed by atoms with E-state index in [0.29, 0.717) is 12.8 Å². The minimum atomic E-state index is -4.29. The lowest BCUT2D eigenvalue weighted by molar-refractivity contribution is -0.384. The van der Waals surface area contributed by atoms with Crippen LogP contribution in [-0.4, -0.2) is 37.4 Å². The van der Waals surface area contributed by atoms with Crippen LogP contribution in [0.2, 0.25) is 0 Å². The van der Waals surface area contributed by atoms with Gasteiger partial charge in [0.2, 0.25) is 5.91 Å². The third-order valence-corrected chi connectivity index (χ3v) is 7.67. The number of nitro benzene ring substituents is 1. The molecule has 0 aliphatic rings. The zero-order chi connectivity index (χ0) is 32.8. The first-order chi connectivity index (χ1) is 22.2. The summed E-state index contributed by atoms with van der Waals surface area (Å²) in [5.41, 5.74) is 2.33. The fourth-order valence-corrected chi connectivity index (χ4v) is 5.23. The summed E-state index contributed by atoms with van der Waals surface area (Å²) in [5, 5.41) is 17.2. The van der Waals surface area contributed by atoms with E-state index in [1.54, 1.807) is 0 Å². The first kappa shape index (κ1) is 33.4. The van der Waals surface area contributed by atoms with E-state index in [2.05, 4.69) is 10.6 Å². The van der Waals surface area contributed by atoms with Crippen LogP contribution in [0.5, 0.6) is 5.75 Å². The molecule has 0 unspecified atom stereocenters. The van der Waals surface area contributed by atoms with Crippen molar-refractivity contribution in [1.82, 2.24) is 10.6 Å². The van der Waals surface area contributed by atoms with E-state index in [9.17, 15) is 28.1 Å². The molecule has 0 aliphatic carbocycles. The second-order valence-corrected chi connectivity index (χ2v) is 11.7. The van der Waals surface area contributed by atoms with Gasteiger partial charge in [0.25, 0.3) is 5.69 Å². The summed E-state index contributed by atoms with van der Waals surface area (Å²) in [7, 11) is -4.29. The minimum absolute atomic E-state index is 0.0153. The number of nitro groups is 1. The Morgan fingerprint density at radius 2 is 1.35 bits per heavy atom. The quantitative estimate of drug-likeness (QED) is 0.0982. The molecule has 4 rings (SSSR count). The highest BCUT2D eigenvalue weighted by molar-refractivity contribution is 7.90. The molecule has 46 heavy (non-hydrogen) atoms. The van der Waals surface area contributed by atoms with Crippen molar-refractivity contribution in [1.29, 1.82) is 0 Å². The Hall–Kier alpha value is -5.49. The smallest absolute Gasteiger partial charge is 0.408 e. The van der Waals surface area contributed by atoms with Crippen molar-refractivity contribution in [2.45, 2.75) is 38.0 Å². The van der Waals surface area contributed by atoms with E-state index in [0.717, 1.165) is 34.2 Å². The number of rotatable bonds is 15. The van der Waals surface area contributed by atoms with E-state index < -0.39 is 39.1 Å². The van der Waals surface area contributed by atoms with Gasteiger partial charge >= 0.3 is 16.2 Å². The molecule has 0 bridgehead atoms. The minimum Gasteiger partial charge on any atom is -0.445 e. The van der Waals surface area contributed by atoms with Crippen LogP contribution < -0.4 is 14.8 Å². The number of nitrogens with one attached hydrogen (secondary N) is 2. The number of nitrogens with zero attached hydrogens (tertiary/aromatic N) is 1. The fraction of sp³-hybridized carbons (Fsp3) is 0.176. The van der Waals surface area contributed by atoms with Crippen molar-refractivity contribution in [3.63, 3.8) is 0 Å². The second-order valence-electron chi connectivity index (χ2n) is 10.2. The summed E-state index contributed by atoms with van der Waals surface area (Å²) in [4.78, 5) is 36.7. The van der Waals surface area contributed by atoms with E-state index >= 15 is 0 Å². The predicted octanol–water partition coefficient (Wildman–Crippen LogP) is 5.47. The van der Waals surface area contributed by atoms with Crippen LogP contribution in [0.15, 0.2) is 127 Å². The average molecular weight is 644 g/mol. The van der Waals surface area contributed by atoms with Gasteiger partial charge in [-0.05, 0) is 47.7 Å². The number of hydrogen-bond acceptors (Lipinski definition) is 8. The maximum atomic E-state index is 13.6. The van der Waals surface area contributed by atoms with Crippen LogP contribution in [0.25, 0.3) is 0 Å². The Balaban J connectivity index is 1.49. The van der Waals surface area contributed by atoms with E-state index in [4.69, 9.17) is 8.92 Å². The van der Waals surface area contributed by atoms with Crippen LogP contribution in [0.4, 0.5) is 10.5 Å². The van der Waals surface area contributed by atoms with Crippen LogP contribution in [0, 0.1) is 10.1 Å². The molecule has 0 fully saturated rings. The van der Waals surface area contributed by atoms with Crippen LogP contribution >= 0.6 is 0 Å². The number of carbonyl (C=O) groups is 2. The summed E-state index contributed by atoms with van der Waals surface area (Å²) in [6.45, 7) is 0.0153. The van der Waals surface area contributed by atoms with E-state index in [1.165, 1.54) is 18.2 Å². The van der Waals surface area contributed by atoms with Gasteiger partial charge in [0.15, 0.2) is 0 Å². The van der Waals surface area contributed by atoms with Crippen molar-refractivity contribution in [2.24, 2.45) is 0 Å². The molecule has 0 saturated carbocycles. The molecule has 2 N–H and O–H groups in total. The number of ether oxygens (including phenoxy) is 1. The molecule has 2 amide bonds. The molecule has 2 atom stereocenters. The Kier molecular flexibility index (Phi) is 12.0. The molecule has 0 radical (unpaired) electrons. The third kappa shape index (κ3) is 11.2. The number of carbonyl (C=O) groups excluding carboxylic acids is 2. The van der Waals surface area contributed by atoms with Crippen LogP contribution in [0.3, 0.4) is 0 Å². The van der Waals surface area contributed by atoms with E-state index in [-0.39, 0.29) is 24.5 Å². The topological polar surface area (TPSA) is 154 Å². The van der Waals surface area contributed by atoms with Gasteiger partial charge in [-0.3, -0.25) is 14.9 Å². The molecule has 0 saturated heterocycles. The summed E-state index contributed by atoms with van der Waals surface area (Å²) in [6, 6.07) is 30.5. The Morgan fingerprint density at radius 3 is 1.93 bits per heavy atom. The molecular formula is C34H33N3O8S. The van der Waals surface area contributed by atoms with Gasteiger partial charge in [-0.25, -0.2) is 4.79 Å². The lowest BCUT2D eigenvalue weighted by atomic mass is 10.0. The molecular weight excluding hydrogens is 610 g/mol. The van der Waals surface area contributed by atoms with Crippen molar-refractivity contribution >= 4 is 27.8 Å². The SMILES string of the molecule is O=C(N[C@@H](Cc1ccccc1)C(=O)N[C@H](C=CS(=O)(=O)Oc1ccc([N+](=O)[O-])cc1)CCc1ccccc1)OCc1ccccc1. The average Bonchev–Trinajstić information content (AvgIpc) is 3.06. The standard InChI is InChI=1S/C34H33N3O8S/c38-33(32(24-27-12-6-2-7-13-27)36-34(39)44-25-28-14-8-3-9-15-28)35-29(17-16-26-10-4-1-5-11-26)22-23-46(42,43)45-31-20-18-30(19-21-31)37(40)41/h1-15,18-23,29,32H,16-17,24-25H2,(H,35,38)(H,36,39)/t29-,32-/m0/s1. The zero-order valence-corrected chi connectivity index (χ0v) is 25.5. The highest BCUT2D eigenvalue weighted by Crippen LogP contribution is 2.19. The number of amides is 2. The summed E-state index contributed by atoms with van der Waals surface area (Å²) in [6.07, 6.45) is 1.51. The number of non-ortho nitro benzene ring substituents is 1. The van der Waals surface area contributed by atoms with Crippen LogP contribution in [0.1, 0.15) is 23.1 Å². The third-order valence-electron chi connectivity index (χ3n) is 6.76. The first-order valence-corrected chi connectivity index (χ1v) is 15.9. The van der Waals surface area contributed by atoms with Gasteiger partial charge < -0.3 is 19.6 Å². The molecule has 12 heteroatoms. The lowest BCUT2D eigenvalue weighted by Crippen LogP contribution is -2.50. The monoisotopic (exact) mass is 643 g/mol. The molecule has 0 heterocycles.